The smallest absolute Gasteiger partial charge is 0.255 e. The molecule has 2 aliphatic heterocycles. The Balaban J connectivity index is 0.00000139. The molecule has 0 aliphatic carbocycles. The number of fused-ring (bicyclic) bond motifs is 10. The van der Waals surface area contributed by atoms with Crippen LogP contribution in [0.1, 0.15) is 105 Å². The minimum atomic E-state index is -0.471. The summed E-state index contributed by atoms with van der Waals surface area (Å²) >= 11 is 0. The molecule has 7 rings (SSSR count). The van der Waals surface area contributed by atoms with Gasteiger partial charge in [0.25, 0.3) is 5.91 Å². The average molecular weight is 824 g/mol. The summed E-state index contributed by atoms with van der Waals surface area (Å²) in [6.07, 6.45) is -0.241. The minimum absolute atomic E-state index is 0. The number of ether oxygens (including phenoxy) is 1. The third-order valence-corrected chi connectivity index (χ3v) is 11.5. The number of carbonyl (C=O) groups excluding carboxylic acids is 1. The maximum absolute atomic E-state index is 14.1. The first kappa shape index (κ1) is 43.4. The number of rotatable bonds is 1. The third-order valence-electron chi connectivity index (χ3n) is 11.5. The van der Waals surface area contributed by atoms with Gasteiger partial charge in [-0.3, -0.25) is 4.79 Å². The SMILES string of the molecule is CC.CC.CN1C(=O)c2c(c3c4ccccc4n(C4O[CH-]C(C)(C)C(C)(C)C4(C)C)c3c3c2c2ccccc2n3C)C1(C)C.[CH3-].[CH3-].[CH3-].[W]. The fourth-order valence-corrected chi connectivity index (χ4v) is 7.66. The van der Waals surface area contributed by atoms with E-state index in [2.05, 4.69) is 127 Å². The van der Waals surface area contributed by atoms with Gasteiger partial charge in [0.15, 0.2) is 0 Å². The zero-order chi connectivity index (χ0) is 32.7. The molecule has 0 spiro atoms. The van der Waals surface area contributed by atoms with Gasteiger partial charge in [0, 0.05) is 73.2 Å². The largest absolute Gasteiger partial charge is 0.533 e. The summed E-state index contributed by atoms with van der Waals surface area (Å²) in [4.78, 5) is 16.0. The van der Waals surface area contributed by atoms with E-state index in [0.717, 1.165) is 49.4 Å². The standard InChI is InChI=1S/C35H40N3O2.2C2H6.3CH3.W/c1-32(2)19-40-31(33(3,4)35(32,7)8)38-23-18-14-12-16-21(23)25-27-26(30(39)37(10)34(27,5)6)24-20-15-11-13-17-22(20)36(9)28(24)29(25)38;2*1-2;;;;/h11-19,31H,1-10H3;2*1-2H3;3*1H3;/q-1;;;3*-1;. The number of hydrogen-bond donors (Lipinski definition) is 0. The summed E-state index contributed by atoms with van der Waals surface area (Å²) in [7, 11) is 4.08. The molecule has 6 heteroatoms. The van der Waals surface area contributed by atoms with Gasteiger partial charge in [0.1, 0.15) is 6.23 Å². The van der Waals surface area contributed by atoms with Crippen molar-refractivity contribution in [1.82, 2.24) is 14.0 Å². The zero-order valence-corrected chi connectivity index (χ0v) is 35.8. The van der Waals surface area contributed by atoms with Crippen molar-refractivity contribution < 1.29 is 30.6 Å². The molecule has 48 heavy (non-hydrogen) atoms. The summed E-state index contributed by atoms with van der Waals surface area (Å²) in [6, 6.07) is 17.2. The molecular weight excluding hydrogens is 762 g/mol. The molecule has 3 aromatic carbocycles. The second kappa shape index (κ2) is 14.3. The Kier molecular flexibility index (Phi) is 12.9. The first-order valence-electron chi connectivity index (χ1n) is 16.4. The van der Waals surface area contributed by atoms with Crippen LogP contribution in [0.5, 0.6) is 0 Å². The number of carbonyl (C=O) groups is 1. The number of aryl methyl sites for hydroxylation is 1. The van der Waals surface area contributed by atoms with Crippen molar-refractivity contribution in [3.63, 3.8) is 0 Å². The summed E-state index contributed by atoms with van der Waals surface area (Å²) in [5.41, 5.74) is 5.58. The Hall–Kier alpha value is -2.62. The second-order valence-corrected chi connectivity index (χ2v) is 14.3. The Morgan fingerprint density at radius 2 is 1.19 bits per heavy atom. The topological polar surface area (TPSA) is 39.4 Å². The molecule has 4 heterocycles. The van der Waals surface area contributed by atoms with Crippen LogP contribution in [-0.2, 0) is 38.4 Å². The molecule has 2 aromatic heterocycles. The summed E-state index contributed by atoms with van der Waals surface area (Å²) in [5, 5.41) is 4.49. The van der Waals surface area contributed by atoms with Gasteiger partial charge in [0.2, 0.25) is 0 Å². The van der Waals surface area contributed by atoms with E-state index in [1.54, 1.807) is 0 Å². The molecule has 1 unspecified atom stereocenters. The van der Waals surface area contributed by atoms with E-state index >= 15 is 0 Å². The van der Waals surface area contributed by atoms with Crippen LogP contribution in [0.3, 0.4) is 0 Å². The molecule has 1 saturated heterocycles. The van der Waals surface area contributed by atoms with E-state index in [9.17, 15) is 4.79 Å². The molecule has 1 amide bonds. The van der Waals surface area contributed by atoms with Crippen molar-refractivity contribution in [2.45, 2.75) is 94.9 Å². The molecule has 5 aromatic rings. The molecule has 0 N–H and O–H groups in total. The molecule has 5 nitrogen and oxygen atoms in total. The molecule has 2 aliphatic rings. The van der Waals surface area contributed by atoms with Crippen LogP contribution in [0, 0.1) is 45.1 Å². The maximum atomic E-state index is 14.1. The normalized spacial score (nSPS) is 19.5. The van der Waals surface area contributed by atoms with E-state index in [0.29, 0.717) is 0 Å². The minimum Gasteiger partial charge on any atom is -0.533 e. The van der Waals surface area contributed by atoms with Crippen molar-refractivity contribution in [1.29, 1.82) is 0 Å². The summed E-state index contributed by atoms with van der Waals surface area (Å²) in [6.45, 7) is 28.4. The van der Waals surface area contributed by atoms with Crippen LogP contribution in [0.2, 0.25) is 0 Å². The van der Waals surface area contributed by atoms with Gasteiger partial charge in [0.05, 0.1) is 27.7 Å². The van der Waals surface area contributed by atoms with E-state index in [1.165, 1.54) is 5.39 Å². The number of amides is 1. The van der Waals surface area contributed by atoms with E-state index in [-0.39, 0.29) is 71.7 Å². The average Bonchev–Trinajstić information content (AvgIpc) is 3.55. The predicted molar refractivity (Wildman–Crippen MR) is 206 cm³/mol. The summed E-state index contributed by atoms with van der Waals surface area (Å²) in [5.74, 6) is 0.0885. The monoisotopic (exact) mass is 823 g/mol. The zero-order valence-electron chi connectivity index (χ0n) is 32.8. The quantitative estimate of drug-likeness (QED) is 0.158. The van der Waals surface area contributed by atoms with Crippen LogP contribution in [-0.4, -0.2) is 27.0 Å². The maximum Gasteiger partial charge on any atom is 0.255 e. The number of para-hydroxylation sites is 2. The molecule has 1 atom stereocenters. The molecular formula is C42H61N3O2W-4. The fourth-order valence-electron chi connectivity index (χ4n) is 7.66. The van der Waals surface area contributed by atoms with E-state index in [1.807, 2.05) is 39.6 Å². The molecule has 0 saturated carbocycles. The van der Waals surface area contributed by atoms with Crippen molar-refractivity contribution in [2.24, 2.45) is 23.3 Å². The van der Waals surface area contributed by atoms with Crippen molar-refractivity contribution in [3.8, 4) is 0 Å². The van der Waals surface area contributed by atoms with Gasteiger partial charge < -0.3 is 41.1 Å². The Bertz CT molecular complexity index is 1920. The number of aromatic nitrogens is 2. The van der Waals surface area contributed by atoms with Gasteiger partial charge in [-0.1, -0.05) is 106 Å². The molecule has 1 fully saturated rings. The first-order chi connectivity index (χ1) is 20.7. The fraction of sp³-hybridized carbons (Fsp3) is 0.452. The molecule has 0 bridgehead atoms. The van der Waals surface area contributed by atoms with Gasteiger partial charge in [-0.05, 0) is 31.4 Å². The van der Waals surface area contributed by atoms with Crippen LogP contribution < -0.4 is 0 Å². The number of nitrogens with zero attached hydrogens (tertiary/aromatic N) is 3. The molecule has 266 valence electrons. The van der Waals surface area contributed by atoms with Crippen molar-refractivity contribution in [3.05, 3.63) is 88.5 Å². The number of hydrogen-bond acceptors (Lipinski definition) is 2. The van der Waals surface area contributed by atoms with Crippen molar-refractivity contribution >= 4 is 49.5 Å². The summed E-state index contributed by atoms with van der Waals surface area (Å²) < 4.78 is 11.6. The van der Waals surface area contributed by atoms with Gasteiger partial charge in [-0.25, -0.2) is 6.61 Å². The van der Waals surface area contributed by atoms with E-state index < -0.39 is 5.54 Å². The van der Waals surface area contributed by atoms with E-state index in [4.69, 9.17) is 4.74 Å². The second-order valence-electron chi connectivity index (χ2n) is 14.3. The van der Waals surface area contributed by atoms with Crippen LogP contribution >= 0.6 is 0 Å². The predicted octanol–water partition coefficient (Wildman–Crippen LogP) is 11.9. The van der Waals surface area contributed by atoms with Crippen LogP contribution in [0.4, 0.5) is 0 Å². The Morgan fingerprint density at radius 1 is 0.708 bits per heavy atom. The Labute approximate surface area is 306 Å². The first-order valence-corrected chi connectivity index (χ1v) is 16.4. The molecule has 0 radical (unpaired) electrons. The van der Waals surface area contributed by atoms with Gasteiger partial charge in [-0.2, -0.15) is 0 Å². The van der Waals surface area contributed by atoms with Gasteiger partial charge >= 0.3 is 0 Å². The van der Waals surface area contributed by atoms with Gasteiger partial charge in [-0.15, -0.1) is 5.41 Å². The number of benzene rings is 3. The van der Waals surface area contributed by atoms with Crippen molar-refractivity contribution in [2.75, 3.05) is 7.05 Å². The third kappa shape index (κ3) is 5.29. The Morgan fingerprint density at radius 3 is 1.73 bits per heavy atom. The van der Waals surface area contributed by atoms with Crippen LogP contribution in [0.25, 0.3) is 43.6 Å². The van der Waals surface area contributed by atoms with Crippen LogP contribution in [0.15, 0.2) is 48.5 Å².